The minimum Gasteiger partial charge on any atom is -0.480 e. The van der Waals surface area contributed by atoms with Gasteiger partial charge in [-0.15, -0.1) is 0 Å². The summed E-state index contributed by atoms with van der Waals surface area (Å²) in [6, 6.07) is 7.80. The summed E-state index contributed by atoms with van der Waals surface area (Å²) in [4.78, 5) is 25.6. The molecule has 0 atom stereocenters. The van der Waals surface area contributed by atoms with Crippen molar-refractivity contribution < 1.29 is 19.1 Å². The molecule has 4 rings (SSSR count). The van der Waals surface area contributed by atoms with Gasteiger partial charge in [0.05, 0.1) is 12.2 Å². The second-order valence-electron chi connectivity index (χ2n) is 7.74. The van der Waals surface area contributed by atoms with Crippen LogP contribution in [-0.4, -0.2) is 57.3 Å². The first-order valence-corrected chi connectivity index (χ1v) is 9.56. The highest BCUT2D eigenvalue weighted by Crippen LogP contribution is 2.33. The predicted octanol–water partition coefficient (Wildman–Crippen LogP) is 2.27. The minimum absolute atomic E-state index is 0.0329. The maximum Gasteiger partial charge on any atom is 0.317 e. The lowest BCUT2D eigenvalue weighted by molar-refractivity contribution is -0.139. The van der Waals surface area contributed by atoms with E-state index in [4.69, 9.17) is 5.11 Å². The summed E-state index contributed by atoms with van der Waals surface area (Å²) >= 11 is 0. The van der Waals surface area contributed by atoms with E-state index in [-0.39, 0.29) is 30.4 Å². The van der Waals surface area contributed by atoms with Crippen LogP contribution in [0.3, 0.4) is 0 Å². The molecule has 2 saturated carbocycles. The maximum atomic E-state index is 13.0. The lowest BCUT2D eigenvalue weighted by Crippen LogP contribution is -2.55. The van der Waals surface area contributed by atoms with Crippen LogP contribution < -0.4 is 5.32 Å². The normalized spacial score (nSPS) is 21.4. The standard InChI is InChI=1S/C20H23FN4O3/c21-14-5-3-13(4-6-14)17-9-18(24-23-17)20(28)22-15-7-16(8-15)25(11-19(26)27)10-12-1-2-12/h3-6,9,12,15-16H,1-2,7-8,10-11H2,(H,22,28)(H,23,24)(H,26,27). The van der Waals surface area contributed by atoms with E-state index in [9.17, 15) is 14.0 Å². The Morgan fingerprint density at radius 1 is 1.25 bits per heavy atom. The summed E-state index contributed by atoms with van der Waals surface area (Å²) in [7, 11) is 0. The molecule has 8 heteroatoms. The van der Waals surface area contributed by atoms with Crippen molar-refractivity contribution in [1.82, 2.24) is 20.4 Å². The van der Waals surface area contributed by atoms with E-state index in [1.165, 1.54) is 25.0 Å². The van der Waals surface area contributed by atoms with E-state index in [1.807, 2.05) is 4.90 Å². The number of H-pyrrole nitrogens is 1. The summed E-state index contributed by atoms with van der Waals surface area (Å²) < 4.78 is 13.0. The average Bonchev–Trinajstić information content (AvgIpc) is 3.29. The van der Waals surface area contributed by atoms with Crippen LogP contribution in [0.2, 0.25) is 0 Å². The second kappa shape index (κ2) is 7.71. The Hall–Kier alpha value is -2.74. The number of carboxylic acids is 1. The second-order valence-corrected chi connectivity index (χ2v) is 7.74. The highest BCUT2D eigenvalue weighted by atomic mass is 19.1. The Labute approximate surface area is 161 Å². The molecule has 148 valence electrons. The molecule has 1 aromatic carbocycles. The summed E-state index contributed by atoms with van der Waals surface area (Å²) in [5, 5.41) is 18.9. The predicted molar refractivity (Wildman–Crippen MR) is 100 cm³/mol. The number of carbonyl (C=O) groups is 2. The summed E-state index contributed by atoms with van der Waals surface area (Å²) in [6.07, 6.45) is 3.87. The molecule has 0 unspecified atom stereocenters. The van der Waals surface area contributed by atoms with Crippen LogP contribution in [0.4, 0.5) is 4.39 Å². The van der Waals surface area contributed by atoms with Crippen molar-refractivity contribution >= 4 is 11.9 Å². The number of halogens is 1. The fourth-order valence-electron chi connectivity index (χ4n) is 3.62. The number of amides is 1. The Balaban J connectivity index is 1.30. The van der Waals surface area contributed by atoms with E-state index in [0.29, 0.717) is 17.3 Å². The first-order chi connectivity index (χ1) is 13.5. The van der Waals surface area contributed by atoms with Crippen molar-refractivity contribution in [3.05, 3.63) is 41.8 Å². The topological polar surface area (TPSA) is 98.3 Å². The minimum atomic E-state index is -0.807. The average molecular weight is 386 g/mol. The number of rotatable bonds is 8. The van der Waals surface area contributed by atoms with E-state index in [1.54, 1.807) is 18.2 Å². The molecule has 2 aliphatic carbocycles. The third-order valence-electron chi connectivity index (χ3n) is 5.46. The number of nitrogens with zero attached hydrogens (tertiary/aromatic N) is 2. The zero-order chi connectivity index (χ0) is 19.7. The van der Waals surface area contributed by atoms with Gasteiger partial charge in [0, 0.05) is 24.2 Å². The van der Waals surface area contributed by atoms with Crippen molar-refractivity contribution in [2.45, 2.75) is 37.8 Å². The molecule has 0 aliphatic heterocycles. The van der Waals surface area contributed by atoms with Crippen molar-refractivity contribution in [3.8, 4) is 11.3 Å². The molecule has 1 aromatic heterocycles. The van der Waals surface area contributed by atoms with Crippen LogP contribution in [0.1, 0.15) is 36.2 Å². The molecule has 2 fully saturated rings. The third-order valence-corrected chi connectivity index (χ3v) is 5.46. The highest BCUT2D eigenvalue weighted by Gasteiger charge is 2.37. The van der Waals surface area contributed by atoms with Gasteiger partial charge in [-0.3, -0.25) is 19.6 Å². The van der Waals surface area contributed by atoms with Crippen LogP contribution in [0, 0.1) is 11.7 Å². The largest absolute Gasteiger partial charge is 0.480 e. The molecular weight excluding hydrogens is 363 g/mol. The van der Waals surface area contributed by atoms with E-state index >= 15 is 0 Å². The number of carbonyl (C=O) groups excluding carboxylic acids is 1. The van der Waals surface area contributed by atoms with Gasteiger partial charge in [0.1, 0.15) is 11.5 Å². The van der Waals surface area contributed by atoms with Crippen LogP contribution in [0.25, 0.3) is 11.3 Å². The van der Waals surface area contributed by atoms with Gasteiger partial charge in [-0.05, 0) is 61.9 Å². The number of benzene rings is 1. The molecule has 1 amide bonds. The molecular formula is C20H23FN4O3. The molecule has 3 N–H and O–H groups in total. The molecule has 1 heterocycles. The number of aliphatic carboxylic acids is 1. The summed E-state index contributed by atoms with van der Waals surface area (Å²) in [5.41, 5.74) is 1.65. The fraction of sp³-hybridized carbons (Fsp3) is 0.450. The molecule has 0 bridgehead atoms. The third kappa shape index (κ3) is 4.39. The quantitative estimate of drug-likeness (QED) is 0.647. The summed E-state index contributed by atoms with van der Waals surface area (Å²) in [6.45, 7) is 0.891. The van der Waals surface area contributed by atoms with Gasteiger partial charge in [0.2, 0.25) is 0 Å². The Morgan fingerprint density at radius 3 is 2.61 bits per heavy atom. The van der Waals surface area contributed by atoms with Gasteiger partial charge in [-0.25, -0.2) is 4.39 Å². The molecule has 0 saturated heterocycles. The Kier molecular flexibility index (Phi) is 5.13. The summed E-state index contributed by atoms with van der Waals surface area (Å²) in [5.74, 6) is -0.742. The first-order valence-electron chi connectivity index (χ1n) is 9.56. The zero-order valence-corrected chi connectivity index (χ0v) is 15.4. The van der Waals surface area contributed by atoms with Gasteiger partial charge >= 0.3 is 5.97 Å². The number of aromatic nitrogens is 2. The van der Waals surface area contributed by atoms with Crippen LogP contribution in [0.5, 0.6) is 0 Å². The van der Waals surface area contributed by atoms with Crippen molar-refractivity contribution in [3.63, 3.8) is 0 Å². The van der Waals surface area contributed by atoms with Crippen molar-refractivity contribution in [2.75, 3.05) is 13.1 Å². The van der Waals surface area contributed by atoms with E-state index in [0.717, 1.165) is 24.9 Å². The van der Waals surface area contributed by atoms with Crippen molar-refractivity contribution in [2.24, 2.45) is 5.92 Å². The fourth-order valence-corrected chi connectivity index (χ4v) is 3.62. The molecule has 0 radical (unpaired) electrons. The highest BCUT2D eigenvalue weighted by molar-refractivity contribution is 5.93. The number of aromatic amines is 1. The first kappa shape index (κ1) is 18.6. The number of hydrogen-bond acceptors (Lipinski definition) is 4. The van der Waals surface area contributed by atoms with E-state index in [2.05, 4.69) is 15.5 Å². The molecule has 28 heavy (non-hydrogen) atoms. The molecule has 0 spiro atoms. The molecule has 7 nitrogen and oxygen atoms in total. The SMILES string of the molecule is O=C(O)CN(CC1CC1)C1CC(NC(=O)c2cc(-c3ccc(F)cc3)n[nH]2)C1. The lowest BCUT2D eigenvalue weighted by atomic mass is 9.85. The van der Waals surface area contributed by atoms with Crippen LogP contribution in [-0.2, 0) is 4.79 Å². The van der Waals surface area contributed by atoms with Crippen LogP contribution >= 0.6 is 0 Å². The number of hydrogen-bond donors (Lipinski definition) is 3. The van der Waals surface area contributed by atoms with E-state index < -0.39 is 5.97 Å². The van der Waals surface area contributed by atoms with Gasteiger partial charge in [-0.2, -0.15) is 5.10 Å². The smallest absolute Gasteiger partial charge is 0.317 e. The lowest BCUT2D eigenvalue weighted by Gasteiger charge is -2.42. The van der Waals surface area contributed by atoms with Gasteiger partial charge < -0.3 is 10.4 Å². The number of carboxylic acid groups (broad SMARTS) is 1. The Morgan fingerprint density at radius 2 is 1.96 bits per heavy atom. The molecule has 2 aromatic rings. The van der Waals surface area contributed by atoms with Gasteiger partial charge in [0.25, 0.3) is 5.91 Å². The maximum absolute atomic E-state index is 13.0. The number of nitrogens with one attached hydrogen (secondary N) is 2. The Bertz CT molecular complexity index is 857. The monoisotopic (exact) mass is 386 g/mol. The van der Waals surface area contributed by atoms with Gasteiger partial charge in [0.15, 0.2) is 0 Å². The van der Waals surface area contributed by atoms with Crippen molar-refractivity contribution in [1.29, 1.82) is 0 Å². The molecule has 2 aliphatic rings. The van der Waals surface area contributed by atoms with Crippen LogP contribution in [0.15, 0.2) is 30.3 Å². The van der Waals surface area contributed by atoms with Gasteiger partial charge in [-0.1, -0.05) is 0 Å². The zero-order valence-electron chi connectivity index (χ0n) is 15.4.